The van der Waals surface area contributed by atoms with Gasteiger partial charge in [0, 0.05) is 50.3 Å². The number of amidine groups is 1. The summed E-state index contributed by atoms with van der Waals surface area (Å²) < 4.78 is 7.55. The standard InChI is InChI=1S/C38H43N7O3/c1-48-32-10-5-9-29(23-32)26-44(22-19-39)38(47)31-16-17-34-33(25-31)43-35(18-13-27-11-14-30(15-12-27)37(40)41)45(34)21-6-20-42-36(46)24-28-7-3-2-4-8-28/h2-5,7-12,14-17,23,25H,6,13,18-22,24,26,39H2,1H3,(H3,40,41)(H,42,46). The number of nitrogens with one attached hydrogen (secondary N) is 2. The Hall–Kier alpha value is -5.48. The molecule has 4 aromatic carbocycles. The summed E-state index contributed by atoms with van der Waals surface area (Å²) in [5.41, 5.74) is 17.5. The third kappa shape index (κ3) is 8.86. The van der Waals surface area contributed by atoms with E-state index in [-0.39, 0.29) is 17.6 Å². The smallest absolute Gasteiger partial charge is 0.254 e. The molecule has 10 nitrogen and oxygen atoms in total. The zero-order valence-corrected chi connectivity index (χ0v) is 27.3. The fourth-order valence-corrected chi connectivity index (χ4v) is 5.75. The molecule has 1 heterocycles. The van der Waals surface area contributed by atoms with Crippen molar-refractivity contribution in [1.29, 1.82) is 5.41 Å². The average Bonchev–Trinajstić information content (AvgIpc) is 3.45. The number of nitrogens with two attached hydrogens (primary N) is 2. The van der Waals surface area contributed by atoms with Crippen LogP contribution in [0.15, 0.2) is 97.1 Å². The number of nitrogens with zero attached hydrogens (tertiary/aromatic N) is 3. The summed E-state index contributed by atoms with van der Waals surface area (Å²) in [4.78, 5) is 33.0. The Morgan fingerprint density at radius 1 is 0.896 bits per heavy atom. The second-order valence-electron chi connectivity index (χ2n) is 11.7. The second-order valence-corrected chi connectivity index (χ2v) is 11.7. The number of amides is 2. The van der Waals surface area contributed by atoms with Crippen LogP contribution < -0.4 is 21.5 Å². The normalized spacial score (nSPS) is 11.0. The summed E-state index contributed by atoms with van der Waals surface area (Å²) in [6.45, 7) is 2.34. The van der Waals surface area contributed by atoms with Gasteiger partial charge in [-0.1, -0.05) is 66.7 Å². The molecule has 0 atom stereocenters. The Balaban J connectivity index is 1.34. The number of hydrogen-bond donors (Lipinski definition) is 4. The summed E-state index contributed by atoms with van der Waals surface area (Å²) in [6.07, 6.45) is 2.48. The summed E-state index contributed by atoms with van der Waals surface area (Å²) >= 11 is 0. The van der Waals surface area contributed by atoms with Crippen LogP contribution in [0.25, 0.3) is 11.0 Å². The number of carbonyl (C=O) groups excluding carboxylic acids is 2. The fourth-order valence-electron chi connectivity index (χ4n) is 5.75. The number of hydrogen-bond acceptors (Lipinski definition) is 6. The van der Waals surface area contributed by atoms with Gasteiger partial charge in [0.2, 0.25) is 5.91 Å². The molecule has 0 unspecified atom stereocenters. The first-order valence-electron chi connectivity index (χ1n) is 16.2. The first-order valence-corrected chi connectivity index (χ1v) is 16.2. The number of nitrogen functional groups attached to an aromatic ring is 1. The molecular formula is C38H43N7O3. The maximum absolute atomic E-state index is 13.8. The molecule has 0 saturated carbocycles. The van der Waals surface area contributed by atoms with Gasteiger partial charge in [-0.3, -0.25) is 15.0 Å². The van der Waals surface area contributed by atoms with E-state index < -0.39 is 0 Å². The minimum Gasteiger partial charge on any atom is -0.497 e. The highest BCUT2D eigenvalue weighted by atomic mass is 16.5. The Morgan fingerprint density at radius 3 is 2.38 bits per heavy atom. The van der Waals surface area contributed by atoms with Crippen LogP contribution >= 0.6 is 0 Å². The number of ether oxygens (including phenoxy) is 1. The zero-order valence-electron chi connectivity index (χ0n) is 27.3. The highest BCUT2D eigenvalue weighted by molar-refractivity contribution is 5.97. The molecule has 5 aromatic rings. The van der Waals surface area contributed by atoms with Crippen molar-refractivity contribution < 1.29 is 14.3 Å². The molecule has 0 radical (unpaired) electrons. The minimum absolute atomic E-state index is 0.00921. The van der Waals surface area contributed by atoms with Crippen LogP contribution in [0.4, 0.5) is 0 Å². The molecule has 0 aliphatic carbocycles. The molecule has 6 N–H and O–H groups in total. The van der Waals surface area contributed by atoms with E-state index in [0.717, 1.165) is 52.1 Å². The van der Waals surface area contributed by atoms with Gasteiger partial charge in [0.25, 0.3) is 5.91 Å². The Kier molecular flexibility index (Phi) is 11.6. The summed E-state index contributed by atoms with van der Waals surface area (Å²) in [6, 6.07) is 30.7. The minimum atomic E-state index is -0.118. The van der Waals surface area contributed by atoms with Crippen molar-refractivity contribution in [3.63, 3.8) is 0 Å². The maximum Gasteiger partial charge on any atom is 0.254 e. The number of imidazole rings is 1. The number of rotatable bonds is 16. The van der Waals surface area contributed by atoms with E-state index in [2.05, 4.69) is 9.88 Å². The third-order valence-corrected chi connectivity index (χ3v) is 8.26. The van der Waals surface area contributed by atoms with Crippen molar-refractivity contribution >= 4 is 28.7 Å². The third-order valence-electron chi connectivity index (χ3n) is 8.26. The predicted octanol–water partition coefficient (Wildman–Crippen LogP) is 4.46. The topological polar surface area (TPSA) is 152 Å². The van der Waals surface area contributed by atoms with E-state index in [1.165, 1.54) is 0 Å². The highest BCUT2D eigenvalue weighted by Gasteiger charge is 2.19. The highest BCUT2D eigenvalue weighted by Crippen LogP contribution is 2.22. The van der Waals surface area contributed by atoms with Crippen molar-refractivity contribution in [2.24, 2.45) is 11.5 Å². The van der Waals surface area contributed by atoms with Crippen LogP contribution in [-0.4, -0.2) is 58.8 Å². The Bertz CT molecular complexity index is 1850. The van der Waals surface area contributed by atoms with Crippen LogP contribution in [0, 0.1) is 5.41 Å². The molecule has 0 saturated heterocycles. The molecule has 48 heavy (non-hydrogen) atoms. The zero-order chi connectivity index (χ0) is 33.9. The number of fused-ring (bicyclic) bond motifs is 1. The largest absolute Gasteiger partial charge is 0.497 e. The van der Waals surface area contributed by atoms with Crippen LogP contribution in [0.1, 0.15) is 44.9 Å². The van der Waals surface area contributed by atoms with Gasteiger partial charge < -0.3 is 31.0 Å². The maximum atomic E-state index is 13.8. The fraction of sp³-hybridized carbons (Fsp3) is 0.263. The van der Waals surface area contributed by atoms with Crippen LogP contribution in [0.2, 0.25) is 0 Å². The quantitative estimate of drug-likeness (QED) is 0.0706. The van der Waals surface area contributed by atoms with E-state index in [4.69, 9.17) is 26.6 Å². The molecule has 0 spiro atoms. The molecule has 0 fully saturated rings. The summed E-state index contributed by atoms with van der Waals surface area (Å²) in [5, 5.41) is 10.7. The van der Waals surface area contributed by atoms with Gasteiger partial charge in [-0.25, -0.2) is 4.98 Å². The van der Waals surface area contributed by atoms with Gasteiger partial charge in [0.1, 0.15) is 17.4 Å². The number of aromatic nitrogens is 2. The Labute approximate surface area is 281 Å². The average molecular weight is 646 g/mol. The predicted molar refractivity (Wildman–Crippen MR) is 189 cm³/mol. The number of aryl methyl sites for hydroxylation is 3. The molecule has 248 valence electrons. The number of benzene rings is 4. The number of carbonyl (C=O) groups is 2. The molecule has 0 aliphatic rings. The lowest BCUT2D eigenvalue weighted by molar-refractivity contribution is -0.120. The SMILES string of the molecule is COc1cccc(CN(CCN)C(=O)c2ccc3c(c2)nc(CCc2ccc(C(=N)N)cc2)n3CCCNC(=O)Cc2ccccc2)c1. The monoisotopic (exact) mass is 645 g/mol. The van der Waals surface area contributed by atoms with Crippen molar-refractivity contribution in [3.8, 4) is 5.75 Å². The van der Waals surface area contributed by atoms with Gasteiger partial charge in [0.15, 0.2) is 0 Å². The van der Waals surface area contributed by atoms with E-state index in [9.17, 15) is 9.59 Å². The number of methoxy groups -OCH3 is 1. The van der Waals surface area contributed by atoms with Crippen LogP contribution in [0.5, 0.6) is 5.75 Å². The molecule has 2 amide bonds. The lowest BCUT2D eigenvalue weighted by Gasteiger charge is -2.22. The van der Waals surface area contributed by atoms with Gasteiger partial charge in [-0.2, -0.15) is 0 Å². The molecule has 10 heteroatoms. The molecule has 0 aliphatic heterocycles. The summed E-state index contributed by atoms with van der Waals surface area (Å²) in [7, 11) is 1.62. The second kappa shape index (κ2) is 16.4. The Morgan fingerprint density at radius 2 is 1.65 bits per heavy atom. The van der Waals surface area contributed by atoms with Crippen molar-refractivity contribution in [2.45, 2.75) is 38.8 Å². The molecule has 0 bridgehead atoms. The van der Waals surface area contributed by atoms with E-state index in [1.54, 1.807) is 12.0 Å². The van der Waals surface area contributed by atoms with Crippen LogP contribution in [0.3, 0.4) is 0 Å². The van der Waals surface area contributed by atoms with Gasteiger partial charge in [-0.05, 0) is 59.9 Å². The first-order chi connectivity index (χ1) is 23.3. The lowest BCUT2D eigenvalue weighted by Crippen LogP contribution is -2.34. The van der Waals surface area contributed by atoms with Gasteiger partial charge in [-0.15, -0.1) is 0 Å². The summed E-state index contributed by atoms with van der Waals surface area (Å²) in [5.74, 6) is 1.55. The molecular weight excluding hydrogens is 602 g/mol. The van der Waals surface area contributed by atoms with E-state index in [1.807, 2.05) is 97.1 Å². The van der Waals surface area contributed by atoms with Crippen molar-refractivity contribution in [1.82, 2.24) is 19.8 Å². The van der Waals surface area contributed by atoms with E-state index in [0.29, 0.717) is 56.7 Å². The van der Waals surface area contributed by atoms with Crippen LogP contribution in [-0.2, 0) is 37.1 Å². The molecule has 5 rings (SSSR count). The van der Waals surface area contributed by atoms with Gasteiger partial charge >= 0.3 is 0 Å². The van der Waals surface area contributed by atoms with Gasteiger partial charge in [0.05, 0.1) is 24.6 Å². The van der Waals surface area contributed by atoms with E-state index >= 15 is 0 Å². The van der Waals surface area contributed by atoms with Crippen molar-refractivity contribution in [2.75, 3.05) is 26.7 Å². The first kappa shape index (κ1) is 33.9. The molecule has 1 aromatic heterocycles. The lowest BCUT2D eigenvalue weighted by atomic mass is 10.1. The van der Waals surface area contributed by atoms with Crippen molar-refractivity contribution in [3.05, 3.63) is 131 Å².